The van der Waals surface area contributed by atoms with E-state index in [2.05, 4.69) is 36.2 Å². The van der Waals surface area contributed by atoms with E-state index in [0.717, 1.165) is 29.3 Å². The number of carboxylic acids is 1. The van der Waals surface area contributed by atoms with Crippen molar-refractivity contribution in [3.05, 3.63) is 47.7 Å². The molecule has 106 valence electrons. The molecule has 2 aromatic rings. The van der Waals surface area contributed by atoms with Crippen molar-refractivity contribution in [2.24, 2.45) is 5.73 Å². The molecule has 0 unspecified atom stereocenters. The van der Waals surface area contributed by atoms with Gasteiger partial charge in [-0.15, -0.1) is 0 Å². The highest BCUT2D eigenvalue weighted by molar-refractivity contribution is 5.85. The molecule has 0 radical (unpaired) electrons. The molecule has 0 saturated carbocycles. The second-order valence-corrected chi connectivity index (χ2v) is 4.93. The van der Waals surface area contributed by atoms with E-state index < -0.39 is 12.0 Å². The summed E-state index contributed by atoms with van der Waals surface area (Å²) in [6.07, 6.45) is 8.44. The summed E-state index contributed by atoms with van der Waals surface area (Å²) in [5.74, 6) is -0.972. The van der Waals surface area contributed by atoms with Crippen LogP contribution in [0.1, 0.15) is 24.5 Å². The van der Waals surface area contributed by atoms with Gasteiger partial charge in [-0.2, -0.15) is 0 Å². The molecule has 1 heterocycles. The van der Waals surface area contributed by atoms with Crippen molar-refractivity contribution in [3.8, 4) is 0 Å². The second kappa shape index (κ2) is 6.39. The molecule has 2 rings (SSSR count). The Kier molecular flexibility index (Phi) is 4.58. The van der Waals surface area contributed by atoms with E-state index >= 15 is 0 Å². The standard InChI is InChI=1S/C16H20N2O2/c1-2-3-4-5-11-6-7-13-12(9-14(17)16(19)20)10-18-15(13)8-11/h3-4,6-8,10,14,18H,2,5,9,17H2,1H3,(H,19,20)/b4-3+/t14-/m0/s1. The van der Waals surface area contributed by atoms with Crippen molar-refractivity contribution < 1.29 is 9.90 Å². The third kappa shape index (κ3) is 3.27. The van der Waals surface area contributed by atoms with Crippen LogP contribution in [0.3, 0.4) is 0 Å². The number of allylic oxidation sites excluding steroid dienone is 2. The predicted octanol–water partition coefficient (Wildman–Crippen LogP) is 2.63. The van der Waals surface area contributed by atoms with Gasteiger partial charge in [-0.3, -0.25) is 4.79 Å². The zero-order chi connectivity index (χ0) is 14.5. The van der Waals surface area contributed by atoms with Crippen LogP contribution in [0.2, 0.25) is 0 Å². The van der Waals surface area contributed by atoms with Gasteiger partial charge in [0.05, 0.1) is 0 Å². The topological polar surface area (TPSA) is 79.1 Å². The molecule has 4 heteroatoms. The minimum absolute atomic E-state index is 0.338. The molecule has 0 aliphatic rings. The number of aromatic amines is 1. The van der Waals surface area contributed by atoms with Gasteiger partial charge in [0.15, 0.2) is 0 Å². The van der Waals surface area contributed by atoms with Gasteiger partial charge in [0, 0.05) is 23.5 Å². The summed E-state index contributed by atoms with van der Waals surface area (Å²) in [7, 11) is 0. The van der Waals surface area contributed by atoms with Crippen molar-refractivity contribution in [3.63, 3.8) is 0 Å². The Morgan fingerprint density at radius 2 is 2.25 bits per heavy atom. The lowest BCUT2D eigenvalue weighted by molar-refractivity contribution is -0.138. The molecule has 4 N–H and O–H groups in total. The van der Waals surface area contributed by atoms with Crippen molar-refractivity contribution >= 4 is 16.9 Å². The van der Waals surface area contributed by atoms with E-state index in [1.165, 1.54) is 5.56 Å². The number of nitrogens with two attached hydrogens (primary N) is 1. The number of carbonyl (C=O) groups is 1. The zero-order valence-corrected chi connectivity index (χ0v) is 11.6. The number of nitrogens with one attached hydrogen (secondary N) is 1. The molecule has 20 heavy (non-hydrogen) atoms. The first-order chi connectivity index (χ1) is 9.61. The smallest absolute Gasteiger partial charge is 0.320 e. The average molecular weight is 272 g/mol. The largest absolute Gasteiger partial charge is 0.480 e. The fourth-order valence-electron chi connectivity index (χ4n) is 2.24. The molecule has 0 spiro atoms. The average Bonchev–Trinajstić information content (AvgIpc) is 2.81. The van der Waals surface area contributed by atoms with Gasteiger partial charge in [-0.1, -0.05) is 31.2 Å². The van der Waals surface area contributed by atoms with Gasteiger partial charge in [-0.25, -0.2) is 0 Å². The monoisotopic (exact) mass is 272 g/mol. The van der Waals surface area contributed by atoms with E-state index in [1.54, 1.807) is 0 Å². The Bertz CT molecular complexity index is 628. The molecule has 0 aliphatic carbocycles. The number of rotatable bonds is 6. The van der Waals surface area contributed by atoms with E-state index in [0.29, 0.717) is 6.42 Å². The molecule has 1 aromatic carbocycles. The molecule has 0 saturated heterocycles. The highest BCUT2D eigenvalue weighted by Crippen LogP contribution is 2.21. The number of aliphatic carboxylic acids is 1. The van der Waals surface area contributed by atoms with Crippen molar-refractivity contribution in [1.29, 1.82) is 0 Å². The number of fused-ring (bicyclic) bond motifs is 1. The normalized spacial score (nSPS) is 13.1. The predicted molar refractivity (Wildman–Crippen MR) is 80.7 cm³/mol. The third-order valence-electron chi connectivity index (χ3n) is 3.34. The summed E-state index contributed by atoms with van der Waals surface area (Å²) >= 11 is 0. The van der Waals surface area contributed by atoms with E-state index in [9.17, 15) is 4.79 Å². The van der Waals surface area contributed by atoms with Crippen LogP contribution in [0.15, 0.2) is 36.5 Å². The van der Waals surface area contributed by atoms with Crippen LogP contribution in [0, 0.1) is 0 Å². The maximum Gasteiger partial charge on any atom is 0.320 e. The van der Waals surface area contributed by atoms with Gasteiger partial charge in [0.2, 0.25) is 0 Å². The number of hydrogen-bond donors (Lipinski definition) is 3. The highest BCUT2D eigenvalue weighted by atomic mass is 16.4. The third-order valence-corrected chi connectivity index (χ3v) is 3.34. The molecule has 1 atom stereocenters. The molecule has 0 amide bonds. The lowest BCUT2D eigenvalue weighted by Gasteiger charge is -2.05. The van der Waals surface area contributed by atoms with Crippen LogP contribution in [0.5, 0.6) is 0 Å². The van der Waals surface area contributed by atoms with Gasteiger partial charge >= 0.3 is 5.97 Å². The zero-order valence-electron chi connectivity index (χ0n) is 11.6. The summed E-state index contributed by atoms with van der Waals surface area (Å²) < 4.78 is 0. The number of hydrogen-bond acceptors (Lipinski definition) is 2. The SMILES string of the molecule is CC/C=C/Cc1ccc2c(C[C@H](N)C(=O)O)c[nH]c2c1. The van der Waals surface area contributed by atoms with E-state index in [4.69, 9.17) is 10.8 Å². The minimum atomic E-state index is -0.972. The van der Waals surface area contributed by atoms with Crippen LogP contribution < -0.4 is 5.73 Å². The fourth-order valence-corrected chi connectivity index (χ4v) is 2.24. The quantitative estimate of drug-likeness (QED) is 0.707. The maximum absolute atomic E-state index is 10.8. The van der Waals surface area contributed by atoms with Crippen molar-refractivity contribution in [2.75, 3.05) is 0 Å². The lowest BCUT2D eigenvalue weighted by atomic mass is 10.0. The molecular weight excluding hydrogens is 252 g/mol. The fraction of sp³-hybridized carbons (Fsp3) is 0.312. The summed E-state index contributed by atoms with van der Waals surface area (Å²) in [4.78, 5) is 14.0. The lowest BCUT2D eigenvalue weighted by Crippen LogP contribution is -2.32. The van der Waals surface area contributed by atoms with Gasteiger partial charge < -0.3 is 15.8 Å². The number of aromatic nitrogens is 1. The van der Waals surface area contributed by atoms with Crippen LogP contribution in [-0.4, -0.2) is 22.1 Å². The molecule has 1 aromatic heterocycles. The first kappa shape index (κ1) is 14.3. The first-order valence-electron chi connectivity index (χ1n) is 6.84. The van der Waals surface area contributed by atoms with Crippen LogP contribution in [0.25, 0.3) is 10.9 Å². The number of carboxylic acid groups (broad SMARTS) is 1. The van der Waals surface area contributed by atoms with Gasteiger partial charge in [0.25, 0.3) is 0 Å². The highest BCUT2D eigenvalue weighted by Gasteiger charge is 2.14. The summed E-state index contributed by atoms with van der Waals surface area (Å²) in [6.45, 7) is 2.11. The van der Waals surface area contributed by atoms with Crippen LogP contribution in [0.4, 0.5) is 0 Å². The van der Waals surface area contributed by atoms with Gasteiger partial charge in [0.1, 0.15) is 6.04 Å². The maximum atomic E-state index is 10.8. The Morgan fingerprint density at radius 3 is 2.95 bits per heavy atom. The van der Waals surface area contributed by atoms with Crippen LogP contribution in [-0.2, 0) is 17.6 Å². The number of H-pyrrole nitrogens is 1. The molecule has 0 bridgehead atoms. The Hall–Kier alpha value is -2.07. The first-order valence-corrected chi connectivity index (χ1v) is 6.84. The van der Waals surface area contributed by atoms with Crippen LogP contribution >= 0.6 is 0 Å². The molecular formula is C16H20N2O2. The second-order valence-electron chi connectivity index (χ2n) is 4.93. The summed E-state index contributed by atoms with van der Waals surface area (Å²) in [5, 5.41) is 9.92. The Labute approximate surface area is 118 Å². The number of benzene rings is 1. The Balaban J connectivity index is 2.20. The summed E-state index contributed by atoms with van der Waals surface area (Å²) in [6, 6.07) is 5.35. The molecule has 0 aliphatic heterocycles. The molecule has 4 nitrogen and oxygen atoms in total. The molecule has 0 fully saturated rings. The Morgan fingerprint density at radius 1 is 1.45 bits per heavy atom. The summed E-state index contributed by atoms with van der Waals surface area (Å²) in [5.41, 5.74) is 8.80. The van der Waals surface area contributed by atoms with Gasteiger partial charge in [-0.05, 0) is 30.0 Å². The minimum Gasteiger partial charge on any atom is -0.480 e. The van der Waals surface area contributed by atoms with E-state index in [-0.39, 0.29) is 0 Å². The van der Waals surface area contributed by atoms with E-state index in [1.807, 2.05) is 12.3 Å². The van der Waals surface area contributed by atoms with Crippen molar-refractivity contribution in [1.82, 2.24) is 4.98 Å². The van der Waals surface area contributed by atoms with Crippen molar-refractivity contribution in [2.45, 2.75) is 32.2 Å².